The smallest absolute Gasteiger partial charge is 0.376 e. The molecule has 0 aliphatic rings. The summed E-state index contributed by atoms with van der Waals surface area (Å²) in [4.78, 5) is 0. The first-order valence-corrected chi connectivity index (χ1v) is 8.06. The van der Waals surface area contributed by atoms with Gasteiger partial charge in [0.25, 0.3) is 0 Å². The van der Waals surface area contributed by atoms with Crippen LogP contribution < -0.4 is 0 Å². The molecule has 0 fully saturated rings. The average Bonchev–Trinajstić information content (AvgIpc) is 2.28. The number of rotatable bonds is 11. The Morgan fingerprint density at radius 3 is 2.25 bits per heavy atom. The maximum absolute atomic E-state index is 5.67. The summed E-state index contributed by atoms with van der Waals surface area (Å²) >= 11 is 10.6. The highest BCUT2D eigenvalue weighted by Gasteiger charge is 2.14. The maximum Gasteiger partial charge on any atom is 0.484 e. The highest BCUT2D eigenvalue weighted by atomic mass is 35.5. The van der Waals surface area contributed by atoms with Crippen molar-refractivity contribution < 1.29 is 13.3 Å². The first-order valence-electron chi connectivity index (χ1n) is 5.64. The van der Waals surface area contributed by atoms with E-state index in [0.29, 0.717) is 31.6 Å². The van der Waals surface area contributed by atoms with Gasteiger partial charge < -0.3 is 13.3 Å². The zero-order valence-electron chi connectivity index (χ0n) is 9.99. The Labute approximate surface area is 110 Å². The van der Waals surface area contributed by atoms with Crippen LogP contribution in [-0.2, 0) is 13.3 Å². The number of thiocarbonyl (C=S) groups is 1. The number of hydrogen-bond acceptors (Lipinski definition) is 4. The molecule has 16 heavy (non-hydrogen) atoms. The molecule has 1 atom stereocenters. The summed E-state index contributed by atoms with van der Waals surface area (Å²) in [5.41, 5.74) is 0. The van der Waals surface area contributed by atoms with Gasteiger partial charge in [0.15, 0.2) is 0 Å². The molecule has 0 saturated heterocycles. The molecule has 6 heteroatoms. The molecule has 0 aliphatic carbocycles. The molecule has 0 spiro atoms. The molecule has 0 saturated carbocycles. The fourth-order valence-electron chi connectivity index (χ4n) is 1.15. The largest absolute Gasteiger partial charge is 0.484 e. The van der Waals surface area contributed by atoms with Gasteiger partial charge in [0.1, 0.15) is 0 Å². The molecule has 0 aromatic rings. The second kappa shape index (κ2) is 11.9. The average molecular weight is 285 g/mol. The fraction of sp³-hybridized carbons (Fsp3) is 0.900. The summed E-state index contributed by atoms with van der Waals surface area (Å²) in [5.74, 6) is 0.987. The standard InChI is InChI=1S/C10H21ClO3SSi/c1-3-12-16(13-4-2)14-8-6-10(9-15)5-7-11/h9-10,16H,3-8H2,1-2H3. The van der Waals surface area contributed by atoms with E-state index in [9.17, 15) is 0 Å². The normalized spacial score (nSPS) is 13.0. The highest BCUT2D eigenvalue weighted by molar-refractivity contribution is 7.79. The van der Waals surface area contributed by atoms with Crippen molar-refractivity contribution in [3.8, 4) is 0 Å². The number of hydrogen-bond donors (Lipinski definition) is 0. The molecule has 0 amide bonds. The van der Waals surface area contributed by atoms with Crippen molar-refractivity contribution >= 4 is 38.7 Å². The van der Waals surface area contributed by atoms with Crippen LogP contribution in [0.25, 0.3) is 0 Å². The molecular weight excluding hydrogens is 264 g/mol. The van der Waals surface area contributed by atoms with Gasteiger partial charge in [0.05, 0.1) is 0 Å². The Balaban J connectivity index is 3.69. The summed E-state index contributed by atoms with van der Waals surface area (Å²) in [7, 11) is -1.90. The minimum atomic E-state index is -1.90. The highest BCUT2D eigenvalue weighted by Crippen LogP contribution is 2.08. The van der Waals surface area contributed by atoms with E-state index in [-0.39, 0.29) is 0 Å². The Hall–Kier alpha value is 0.477. The lowest BCUT2D eigenvalue weighted by atomic mass is 10.1. The van der Waals surface area contributed by atoms with E-state index in [1.807, 2.05) is 13.8 Å². The zero-order valence-corrected chi connectivity index (χ0v) is 12.7. The van der Waals surface area contributed by atoms with E-state index in [2.05, 4.69) is 0 Å². The number of halogens is 1. The molecule has 0 rings (SSSR count). The van der Waals surface area contributed by atoms with Gasteiger partial charge in [0, 0.05) is 25.7 Å². The number of alkyl halides is 1. The monoisotopic (exact) mass is 284 g/mol. The summed E-state index contributed by atoms with van der Waals surface area (Å²) < 4.78 is 16.4. The van der Waals surface area contributed by atoms with Crippen molar-refractivity contribution in [3.05, 3.63) is 0 Å². The Morgan fingerprint density at radius 1 is 1.19 bits per heavy atom. The van der Waals surface area contributed by atoms with E-state index >= 15 is 0 Å². The SMILES string of the molecule is CCO[SiH](OCC)OCCC(C=S)CCCl. The van der Waals surface area contributed by atoms with Gasteiger partial charge in [-0.3, -0.25) is 0 Å². The Kier molecular flexibility index (Phi) is 12.3. The van der Waals surface area contributed by atoms with Crippen molar-refractivity contribution in [2.45, 2.75) is 26.7 Å². The summed E-state index contributed by atoms with van der Waals surface area (Å²) in [6.45, 7) is 5.78. The predicted molar refractivity (Wildman–Crippen MR) is 73.5 cm³/mol. The van der Waals surface area contributed by atoms with E-state index in [0.717, 1.165) is 12.8 Å². The third-order valence-corrected chi connectivity index (χ3v) is 4.34. The minimum absolute atomic E-state index is 0.352. The van der Waals surface area contributed by atoms with Gasteiger partial charge in [-0.25, -0.2) is 0 Å². The van der Waals surface area contributed by atoms with Crippen molar-refractivity contribution in [3.63, 3.8) is 0 Å². The topological polar surface area (TPSA) is 27.7 Å². The van der Waals surface area contributed by atoms with Crippen molar-refractivity contribution in [2.75, 3.05) is 25.7 Å². The zero-order chi connectivity index (χ0) is 12.2. The van der Waals surface area contributed by atoms with E-state index < -0.39 is 9.53 Å². The van der Waals surface area contributed by atoms with Crippen LogP contribution in [0.2, 0.25) is 0 Å². The third kappa shape index (κ3) is 8.61. The van der Waals surface area contributed by atoms with Gasteiger partial charge in [-0.2, -0.15) is 0 Å². The molecule has 0 heterocycles. The second-order valence-corrected chi connectivity index (χ2v) is 5.46. The lowest BCUT2D eigenvalue weighted by Gasteiger charge is -2.16. The van der Waals surface area contributed by atoms with Gasteiger partial charge in [0.2, 0.25) is 0 Å². The van der Waals surface area contributed by atoms with Crippen LogP contribution in [0.15, 0.2) is 0 Å². The third-order valence-electron chi connectivity index (χ3n) is 2.02. The van der Waals surface area contributed by atoms with Gasteiger partial charge >= 0.3 is 9.53 Å². The van der Waals surface area contributed by atoms with Crippen molar-refractivity contribution in [1.29, 1.82) is 0 Å². The fourth-order valence-corrected chi connectivity index (χ4v) is 2.87. The maximum atomic E-state index is 5.67. The van der Waals surface area contributed by atoms with Crippen LogP contribution in [0.3, 0.4) is 0 Å². The van der Waals surface area contributed by atoms with Crippen molar-refractivity contribution in [1.82, 2.24) is 0 Å². The summed E-state index contributed by atoms with van der Waals surface area (Å²) in [6.07, 6.45) is 1.80. The van der Waals surface area contributed by atoms with E-state index in [4.69, 9.17) is 37.1 Å². The molecule has 0 aromatic heterocycles. The summed E-state index contributed by atoms with van der Waals surface area (Å²) in [6, 6.07) is 0. The first kappa shape index (κ1) is 16.5. The van der Waals surface area contributed by atoms with E-state index in [1.165, 1.54) is 0 Å². The van der Waals surface area contributed by atoms with Gasteiger partial charge in [-0.15, -0.1) is 11.6 Å². The van der Waals surface area contributed by atoms with Crippen LogP contribution in [-0.4, -0.2) is 40.6 Å². The van der Waals surface area contributed by atoms with Crippen LogP contribution in [0.5, 0.6) is 0 Å². The minimum Gasteiger partial charge on any atom is -0.376 e. The molecule has 0 N–H and O–H groups in total. The molecule has 3 nitrogen and oxygen atoms in total. The van der Waals surface area contributed by atoms with E-state index in [1.54, 1.807) is 5.37 Å². The molecule has 1 unspecified atom stereocenters. The predicted octanol–water partition coefficient (Wildman–Crippen LogP) is 2.43. The molecule has 0 radical (unpaired) electrons. The van der Waals surface area contributed by atoms with Crippen LogP contribution in [0.4, 0.5) is 0 Å². The lowest BCUT2D eigenvalue weighted by molar-refractivity contribution is 0.0989. The van der Waals surface area contributed by atoms with Gasteiger partial charge in [-0.05, 0) is 38.0 Å². The molecule has 0 bridgehead atoms. The molecule has 96 valence electrons. The Bertz CT molecular complexity index is 168. The van der Waals surface area contributed by atoms with Crippen molar-refractivity contribution in [2.24, 2.45) is 5.92 Å². The molecule has 0 aromatic carbocycles. The molecular formula is C10H21ClO3SSi. The quantitative estimate of drug-likeness (QED) is 0.331. The first-order chi connectivity index (χ1) is 7.78. The van der Waals surface area contributed by atoms with Crippen LogP contribution in [0, 0.1) is 5.92 Å². The van der Waals surface area contributed by atoms with Gasteiger partial charge in [-0.1, -0.05) is 12.2 Å². The van der Waals surface area contributed by atoms with Crippen LogP contribution in [0.1, 0.15) is 26.7 Å². The second-order valence-electron chi connectivity index (χ2n) is 3.23. The van der Waals surface area contributed by atoms with Crippen LogP contribution >= 0.6 is 23.8 Å². The lowest BCUT2D eigenvalue weighted by Crippen LogP contribution is -2.28. The molecule has 0 aliphatic heterocycles. The summed E-state index contributed by atoms with van der Waals surface area (Å²) in [5, 5.41) is 1.77. The Morgan fingerprint density at radius 2 is 1.81 bits per heavy atom.